The van der Waals surface area contributed by atoms with Crippen LogP contribution in [0.1, 0.15) is 17.1 Å². The first kappa shape index (κ1) is 16.1. The zero-order valence-electron chi connectivity index (χ0n) is 12.8. The lowest BCUT2D eigenvalue weighted by atomic mass is 10.2. The summed E-state index contributed by atoms with van der Waals surface area (Å²) in [5.41, 5.74) is 1.38. The van der Waals surface area contributed by atoms with E-state index in [1.807, 2.05) is 0 Å². The minimum atomic E-state index is -0.471. The van der Waals surface area contributed by atoms with Crippen molar-refractivity contribution >= 4 is 29.7 Å². The van der Waals surface area contributed by atoms with Gasteiger partial charge in [0.1, 0.15) is 0 Å². The third-order valence-corrected chi connectivity index (χ3v) is 3.13. The van der Waals surface area contributed by atoms with Crippen LogP contribution in [0.25, 0.3) is 12.2 Å². The quantitative estimate of drug-likeness (QED) is 0.432. The molecular weight excluding hydrogens is 324 g/mol. The molecule has 0 saturated heterocycles. The average Bonchev–Trinajstić information content (AvgIpc) is 2.99. The first-order valence-electron chi connectivity index (χ1n) is 7.18. The van der Waals surface area contributed by atoms with Crippen LogP contribution in [0.15, 0.2) is 58.2 Å². The number of nitro benzene ring substituents is 1. The van der Waals surface area contributed by atoms with Crippen LogP contribution >= 0.6 is 0 Å². The Morgan fingerprint density at radius 1 is 1.24 bits per heavy atom. The van der Waals surface area contributed by atoms with E-state index in [0.717, 1.165) is 0 Å². The SMILES string of the molecule is O=[N+]([O-])c1cccc(C=Cc2nc(C=Nc3cccnc3)c(O)o2)c1. The van der Waals surface area contributed by atoms with Crippen LogP contribution in [0.5, 0.6) is 5.95 Å². The Hall–Kier alpha value is -3.81. The van der Waals surface area contributed by atoms with E-state index < -0.39 is 4.92 Å². The maximum absolute atomic E-state index is 10.8. The Morgan fingerprint density at radius 3 is 2.88 bits per heavy atom. The standard InChI is InChI=1S/C17H12N4O4/c22-17-15(11-19-13-4-2-8-18-10-13)20-16(25-17)7-6-12-3-1-5-14(9-12)21(23)24/h1-11,22H. The summed E-state index contributed by atoms with van der Waals surface area (Å²) in [6, 6.07) is 9.60. The number of non-ortho nitro benzene ring substituents is 1. The van der Waals surface area contributed by atoms with Gasteiger partial charge in [-0.3, -0.25) is 20.1 Å². The minimum Gasteiger partial charge on any atom is -0.479 e. The lowest BCUT2D eigenvalue weighted by molar-refractivity contribution is -0.384. The predicted octanol–water partition coefficient (Wildman–Crippen LogP) is 3.60. The summed E-state index contributed by atoms with van der Waals surface area (Å²) in [6.45, 7) is 0. The number of nitrogens with zero attached hydrogens (tertiary/aromatic N) is 4. The second-order valence-electron chi connectivity index (χ2n) is 4.90. The number of pyridine rings is 1. The topological polar surface area (TPSA) is 115 Å². The maximum Gasteiger partial charge on any atom is 0.312 e. The number of aliphatic imine (C=N–C) groups is 1. The highest BCUT2D eigenvalue weighted by Crippen LogP contribution is 2.20. The van der Waals surface area contributed by atoms with E-state index in [1.165, 1.54) is 24.4 Å². The van der Waals surface area contributed by atoms with E-state index in [-0.39, 0.29) is 23.2 Å². The second kappa shape index (κ2) is 7.18. The molecule has 0 aliphatic heterocycles. The van der Waals surface area contributed by atoms with Gasteiger partial charge in [0.25, 0.3) is 5.69 Å². The van der Waals surface area contributed by atoms with E-state index >= 15 is 0 Å². The number of aromatic hydroxyl groups is 1. The number of hydrogen-bond acceptors (Lipinski definition) is 7. The van der Waals surface area contributed by atoms with Crippen molar-refractivity contribution in [2.45, 2.75) is 0 Å². The summed E-state index contributed by atoms with van der Waals surface area (Å²) in [5, 5.41) is 20.5. The largest absolute Gasteiger partial charge is 0.479 e. The summed E-state index contributed by atoms with van der Waals surface area (Å²) >= 11 is 0. The first-order valence-corrected chi connectivity index (χ1v) is 7.18. The second-order valence-corrected chi connectivity index (χ2v) is 4.90. The molecule has 8 nitrogen and oxygen atoms in total. The van der Waals surface area contributed by atoms with Gasteiger partial charge in [-0.1, -0.05) is 12.1 Å². The molecule has 0 bridgehead atoms. The van der Waals surface area contributed by atoms with Crippen molar-refractivity contribution in [3.63, 3.8) is 0 Å². The fourth-order valence-electron chi connectivity index (χ4n) is 1.97. The molecule has 0 unspecified atom stereocenters. The summed E-state index contributed by atoms with van der Waals surface area (Å²) < 4.78 is 5.12. The van der Waals surface area contributed by atoms with Gasteiger partial charge in [0.05, 0.1) is 23.0 Å². The molecule has 0 spiro atoms. The van der Waals surface area contributed by atoms with Gasteiger partial charge in [0.15, 0.2) is 5.69 Å². The zero-order chi connectivity index (χ0) is 17.6. The molecular formula is C17H12N4O4. The van der Waals surface area contributed by atoms with Crippen LogP contribution in [-0.4, -0.2) is 26.2 Å². The van der Waals surface area contributed by atoms with Crippen molar-refractivity contribution in [3.8, 4) is 5.95 Å². The molecule has 2 heterocycles. The van der Waals surface area contributed by atoms with Crippen LogP contribution in [0.2, 0.25) is 0 Å². The van der Waals surface area contributed by atoms with Gasteiger partial charge in [-0.05, 0) is 23.8 Å². The summed E-state index contributed by atoms with van der Waals surface area (Å²) in [4.78, 5) is 22.4. The Labute approximate surface area is 142 Å². The number of aromatic nitrogens is 2. The molecule has 0 radical (unpaired) electrons. The Balaban J connectivity index is 1.77. The van der Waals surface area contributed by atoms with Gasteiger partial charge >= 0.3 is 5.95 Å². The van der Waals surface area contributed by atoms with Crippen molar-refractivity contribution in [1.29, 1.82) is 0 Å². The molecule has 1 N–H and O–H groups in total. The number of nitro groups is 1. The highest BCUT2D eigenvalue weighted by atomic mass is 16.6. The number of rotatable bonds is 5. The molecule has 124 valence electrons. The maximum atomic E-state index is 10.8. The van der Waals surface area contributed by atoms with Gasteiger partial charge in [-0.25, -0.2) is 4.98 Å². The van der Waals surface area contributed by atoms with Gasteiger partial charge in [0.2, 0.25) is 5.89 Å². The molecule has 0 atom stereocenters. The van der Waals surface area contributed by atoms with Gasteiger partial charge in [-0.15, -0.1) is 0 Å². The molecule has 0 aliphatic carbocycles. The van der Waals surface area contributed by atoms with Crippen LogP contribution < -0.4 is 0 Å². The van der Waals surface area contributed by atoms with E-state index in [4.69, 9.17) is 4.42 Å². The van der Waals surface area contributed by atoms with Gasteiger partial charge in [0, 0.05) is 24.4 Å². The zero-order valence-corrected chi connectivity index (χ0v) is 12.8. The minimum absolute atomic E-state index is 0.0123. The third kappa shape index (κ3) is 4.14. The molecule has 1 aromatic carbocycles. The Bertz CT molecular complexity index is 948. The molecule has 0 amide bonds. The highest BCUT2D eigenvalue weighted by Gasteiger charge is 2.09. The van der Waals surface area contributed by atoms with Gasteiger partial charge in [-0.2, -0.15) is 0 Å². The number of hydrogen-bond donors (Lipinski definition) is 1. The molecule has 3 aromatic rings. The fraction of sp³-hybridized carbons (Fsp3) is 0. The van der Waals surface area contributed by atoms with E-state index in [9.17, 15) is 15.2 Å². The normalized spacial score (nSPS) is 11.4. The number of benzene rings is 1. The monoisotopic (exact) mass is 336 g/mol. The van der Waals surface area contributed by atoms with E-state index in [1.54, 1.807) is 42.7 Å². The molecule has 3 rings (SSSR count). The molecule has 0 saturated carbocycles. The highest BCUT2D eigenvalue weighted by molar-refractivity contribution is 5.82. The number of oxazole rings is 1. The van der Waals surface area contributed by atoms with E-state index in [2.05, 4.69) is 15.0 Å². The molecule has 8 heteroatoms. The molecule has 0 fully saturated rings. The third-order valence-electron chi connectivity index (χ3n) is 3.13. The Kier molecular flexibility index (Phi) is 4.61. The summed E-state index contributed by atoms with van der Waals surface area (Å²) in [5.74, 6) is -0.219. The lowest BCUT2D eigenvalue weighted by Crippen LogP contribution is -1.87. The predicted molar refractivity (Wildman–Crippen MR) is 91.7 cm³/mol. The summed E-state index contributed by atoms with van der Waals surface area (Å²) in [6.07, 6.45) is 7.65. The van der Waals surface area contributed by atoms with Crippen molar-refractivity contribution in [2.24, 2.45) is 4.99 Å². The molecule has 2 aromatic heterocycles. The van der Waals surface area contributed by atoms with Crippen molar-refractivity contribution in [3.05, 3.63) is 76.1 Å². The first-order chi connectivity index (χ1) is 12.1. The van der Waals surface area contributed by atoms with Crippen molar-refractivity contribution in [2.75, 3.05) is 0 Å². The van der Waals surface area contributed by atoms with Crippen LogP contribution in [0, 0.1) is 10.1 Å². The Morgan fingerprint density at radius 2 is 2.12 bits per heavy atom. The smallest absolute Gasteiger partial charge is 0.312 e. The van der Waals surface area contributed by atoms with Gasteiger partial charge < -0.3 is 9.52 Å². The van der Waals surface area contributed by atoms with Crippen LogP contribution in [-0.2, 0) is 0 Å². The van der Waals surface area contributed by atoms with E-state index in [0.29, 0.717) is 11.3 Å². The fourth-order valence-corrected chi connectivity index (χ4v) is 1.97. The van der Waals surface area contributed by atoms with Crippen LogP contribution in [0.3, 0.4) is 0 Å². The average molecular weight is 336 g/mol. The summed E-state index contributed by atoms with van der Waals surface area (Å²) in [7, 11) is 0. The molecule has 25 heavy (non-hydrogen) atoms. The lowest BCUT2D eigenvalue weighted by Gasteiger charge is -1.93. The van der Waals surface area contributed by atoms with Crippen molar-refractivity contribution in [1.82, 2.24) is 9.97 Å². The van der Waals surface area contributed by atoms with Crippen LogP contribution in [0.4, 0.5) is 11.4 Å². The van der Waals surface area contributed by atoms with Crippen molar-refractivity contribution < 1.29 is 14.4 Å². The molecule has 0 aliphatic rings.